The van der Waals surface area contributed by atoms with Crippen LogP contribution in [0.1, 0.15) is 19.4 Å². The molecule has 0 unspecified atom stereocenters. The predicted octanol–water partition coefficient (Wildman–Crippen LogP) is 4.96. The average molecular weight is 429 g/mol. The third kappa shape index (κ3) is 4.74. The van der Waals surface area contributed by atoms with Crippen LogP contribution in [0, 0.1) is 0 Å². The van der Waals surface area contributed by atoms with Gasteiger partial charge in [-0.3, -0.25) is 9.69 Å². The molecule has 1 heterocycles. The highest BCUT2D eigenvalue weighted by atomic mass is 32.2. The quantitative estimate of drug-likeness (QED) is 0.459. The number of rotatable bonds is 7. The molecule has 0 bridgehead atoms. The van der Waals surface area contributed by atoms with Gasteiger partial charge in [0.1, 0.15) is 11.5 Å². The minimum Gasteiger partial charge on any atom is -0.494 e. The number of nitrogens with zero attached hydrogens (tertiary/aromatic N) is 2. The van der Waals surface area contributed by atoms with Gasteiger partial charge >= 0.3 is 0 Å². The molecule has 7 heteroatoms. The van der Waals surface area contributed by atoms with E-state index in [0.29, 0.717) is 28.2 Å². The normalized spacial score (nSPS) is 15.2. The molecule has 2 aromatic carbocycles. The third-order valence-corrected chi connectivity index (χ3v) is 5.60. The highest BCUT2D eigenvalue weighted by molar-refractivity contribution is 8.27. The molecule has 1 amide bonds. The molecular weight excluding hydrogens is 404 g/mol. The Balaban J connectivity index is 1.89. The molecule has 0 spiro atoms. The molecule has 3 rings (SSSR count). The number of ether oxygens (including phenoxy) is 2. The fourth-order valence-corrected chi connectivity index (χ4v) is 4.19. The summed E-state index contributed by atoms with van der Waals surface area (Å²) in [5.41, 5.74) is 2.64. The Morgan fingerprint density at radius 3 is 2.38 bits per heavy atom. The summed E-state index contributed by atoms with van der Waals surface area (Å²) in [6.07, 6.45) is 1.83. The van der Waals surface area contributed by atoms with E-state index < -0.39 is 0 Å². The number of carbonyl (C=O) groups excluding carboxylic acids is 1. The van der Waals surface area contributed by atoms with Gasteiger partial charge in [-0.25, -0.2) is 0 Å². The molecule has 0 aromatic heterocycles. The summed E-state index contributed by atoms with van der Waals surface area (Å²) in [4.78, 5) is 17.2. The molecule has 2 aromatic rings. The summed E-state index contributed by atoms with van der Waals surface area (Å²) in [6, 6.07) is 13.4. The number of amides is 1. The minimum atomic E-state index is -0.131. The number of thioether (sulfide) groups is 1. The summed E-state index contributed by atoms with van der Waals surface area (Å²) < 4.78 is 11.8. The molecule has 5 nitrogen and oxygen atoms in total. The molecular formula is C22H24N2O3S2. The van der Waals surface area contributed by atoms with Gasteiger partial charge in [-0.15, -0.1) is 0 Å². The lowest BCUT2D eigenvalue weighted by atomic mass is 10.1. The average Bonchev–Trinajstić information content (AvgIpc) is 2.97. The van der Waals surface area contributed by atoms with Gasteiger partial charge in [0.25, 0.3) is 5.91 Å². The predicted molar refractivity (Wildman–Crippen MR) is 125 cm³/mol. The van der Waals surface area contributed by atoms with Crippen LogP contribution in [0.15, 0.2) is 47.4 Å². The van der Waals surface area contributed by atoms with Crippen molar-refractivity contribution in [1.82, 2.24) is 0 Å². The second kappa shape index (κ2) is 9.33. The van der Waals surface area contributed by atoms with Gasteiger partial charge < -0.3 is 14.4 Å². The van der Waals surface area contributed by atoms with E-state index in [0.717, 1.165) is 22.7 Å². The van der Waals surface area contributed by atoms with Crippen molar-refractivity contribution in [3.05, 3.63) is 52.9 Å². The molecule has 29 heavy (non-hydrogen) atoms. The van der Waals surface area contributed by atoms with Crippen molar-refractivity contribution in [2.24, 2.45) is 0 Å². The maximum absolute atomic E-state index is 13.1. The highest BCUT2D eigenvalue weighted by Crippen LogP contribution is 2.38. The van der Waals surface area contributed by atoms with Gasteiger partial charge in [-0.2, -0.15) is 0 Å². The zero-order valence-corrected chi connectivity index (χ0v) is 18.6. The summed E-state index contributed by atoms with van der Waals surface area (Å²) in [6.45, 7) is 4.96. The van der Waals surface area contributed by atoms with E-state index in [2.05, 4.69) is 0 Å². The Kier molecular flexibility index (Phi) is 6.82. The first-order chi connectivity index (χ1) is 13.9. The Bertz CT molecular complexity index is 940. The van der Waals surface area contributed by atoms with Crippen LogP contribution >= 0.6 is 24.0 Å². The number of anilines is 2. The zero-order chi connectivity index (χ0) is 21.0. The second-order valence-electron chi connectivity index (χ2n) is 6.49. The van der Waals surface area contributed by atoms with Gasteiger partial charge in [0, 0.05) is 31.4 Å². The van der Waals surface area contributed by atoms with E-state index in [1.807, 2.05) is 81.4 Å². The van der Waals surface area contributed by atoms with Gasteiger partial charge in [0.15, 0.2) is 4.32 Å². The fourth-order valence-electron chi connectivity index (χ4n) is 2.90. The third-order valence-electron chi connectivity index (χ3n) is 4.30. The van der Waals surface area contributed by atoms with E-state index in [-0.39, 0.29) is 5.91 Å². The standard InChI is InChI=1S/C22H24N2O3S2/c1-5-26-18-12-7-15(19(14-18)27-6-2)13-20-21(25)24(22(28)29-20)17-10-8-16(9-11-17)23(3)4/h7-14H,5-6H2,1-4H3/b20-13+. The van der Waals surface area contributed by atoms with E-state index in [1.54, 1.807) is 4.90 Å². The first-order valence-corrected chi connectivity index (χ1v) is 10.6. The van der Waals surface area contributed by atoms with Crippen LogP contribution in [-0.2, 0) is 4.79 Å². The lowest BCUT2D eigenvalue weighted by molar-refractivity contribution is -0.113. The Labute approximate surface area is 181 Å². The highest BCUT2D eigenvalue weighted by Gasteiger charge is 2.33. The number of benzene rings is 2. The van der Waals surface area contributed by atoms with E-state index in [9.17, 15) is 4.79 Å². The van der Waals surface area contributed by atoms with Crippen molar-refractivity contribution in [3.63, 3.8) is 0 Å². The summed E-state index contributed by atoms with van der Waals surface area (Å²) in [5, 5.41) is 0. The topological polar surface area (TPSA) is 42.0 Å². The van der Waals surface area contributed by atoms with Crippen molar-refractivity contribution < 1.29 is 14.3 Å². The molecule has 1 aliphatic rings. The summed E-state index contributed by atoms with van der Waals surface area (Å²) >= 11 is 6.78. The van der Waals surface area contributed by atoms with Crippen LogP contribution in [0.2, 0.25) is 0 Å². The largest absolute Gasteiger partial charge is 0.494 e. The molecule has 0 atom stereocenters. The monoisotopic (exact) mass is 428 g/mol. The fraction of sp³-hybridized carbons (Fsp3) is 0.273. The van der Waals surface area contributed by atoms with Crippen LogP contribution in [-0.4, -0.2) is 37.5 Å². The Hall–Kier alpha value is -2.51. The van der Waals surface area contributed by atoms with Crippen molar-refractivity contribution in [3.8, 4) is 11.5 Å². The van der Waals surface area contributed by atoms with Crippen molar-refractivity contribution in [2.45, 2.75) is 13.8 Å². The van der Waals surface area contributed by atoms with Gasteiger partial charge in [0.2, 0.25) is 0 Å². The van der Waals surface area contributed by atoms with Gasteiger partial charge in [0.05, 0.1) is 23.8 Å². The molecule has 0 saturated carbocycles. The first kappa shape index (κ1) is 21.2. The maximum Gasteiger partial charge on any atom is 0.270 e. The minimum absolute atomic E-state index is 0.131. The summed E-state index contributed by atoms with van der Waals surface area (Å²) in [5.74, 6) is 1.29. The zero-order valence-electron chi connectivity index (χ0n) is 17.0. The van der Waals surface area contributed by atoms with Crippen molar-refractivity contribution >= 4 is 51.7 Å². The lowest BCUT2D eigenvalue weighted by Gasteiger charge is -2.17. The number of carbonyl (C=O) groups is 1. The van der Waals surface area contributed by atoms with Gasteiger partial charge in [-0.1, -0.05) is 24.0 Å². The van der Waals surface area contributed by atoms with Gasteiger partial charge in [-0.05, 0) is 56.3 Å². The first-order valence-electron chi connectivity index (χ1n) is 9.39. The van der Waals surface area contributed by atoms with Crippen LogP contribution in [0.4, 0.5) is 11.4 Å². The smallest absolute Gasteiger partial charge is 0.270 e. The number of thiocarbonyl (C=S) groups is 1. The van der Waals surface area contributed by atoms with Crippen LogP contribution < -0.4 is 19.3 Å². The molecule has 0 N–H and O–H groups in total. The molecule has 1 aliphatic heterocycles. The van der Waals surface area contributed by atoms with E-state index in [4.69, 9.17) is 21.7 Å². The van der Waals surface area contributed by atoms with Crippen LogP contribution in [0.3, 0.4) is 0 Å². The van der Waals surface area contributed by atoms with Crippen molar-refractivity contribution in [2.75, 3.05) is 37.1 Å². The SMILES string of the molecule is CCOc1ccc(/C=C2/SC(=S)N(c3ccc(N(C)C)cc3)C2=O)c(OCC)c1. The molecule has 1 fully saturated rings. The molecule has 0 radical (unpaired) electrons. The second-order valence-corrected chi connectivity index (χ2v) is 8.17. The lowest BCUT2D eigenvalue weighted by Crippen LogP contribution is -2.27. The number of hydrogen-bond donors (Lipinski definition) is 0. The molecule has 0 aliphatic carbocycles. The Morgan fingerprint density at radius 1 is 1.07 bits per heavy atom. The Morgan fingerprint density at radius 2 is 1.76 bits per heavy atom. The van der Waals surface area contributed by atoms with Crippen LogP contribution in [0.25, 0.3) is 6.08 Å². The van der Waals surface area contributed by atoms with Crippen molar-refractivity contribution in [1.29, 1.82) is 0 Å². The summed E-state index contributed by atoms with van der Waals surface area (Å²) in [7, 11) is 3.95. The van der Waals surface area contributed by atoms with Crippen LogP contribution in [0.5, 0.6) is 11.5 Å². The molecule has 152 valence electrons. The molecule has 1 saturated heterocycles. The maximum atomic E-state index is 13.1. The van der Waals surface area contributed by atoms with E-state index in [1.165, 1.54) is 11.8 Å². The van der Waals surface area contributed by atoms with E-state index >= 15 is 0 Å². The number of hydrogen-bond acceptors (Lipinski definition) is 6.